The van der Waals surface area contributed by atoms with Crippen molar-refractivity contribution in [3.8, 4) is 0 Å². The molecule has 1 unspecified atom stereocenters. The molecule has 8 nitrogen and oxygen atoms in total. The summed E-state index contributed by atoms with van der Waals surface area (Å²) in [5.74, 6) is 0.245. The molecular formula is C12H16N4O4. The highest BCUT2D eigenvalue weighted by atomic mass is 16.6. The molecule has 0 aliphatic carbocycles. The van der Waals surface area contributed by atoms with Crippen molar-refractivity contribution in [3.05, 3.63) is 28.4 Å². The van der Waals surface area contributed by atoms with Crippen LogP contribution in [0.3, 0.4) is 0 Å². The van der Waals surface area contributed by atoms with Gasteiger partial charge in [0.1, 0.15) is 11.9 Å². The maximum Gasteiger partial charge on any atom is 0.274 e. The Morgan fingerprint density at radius 1 is 1.55 bits per heavy atom. The molecule has 1 N–H and O–H groups in total. The summed E-state index contributed by atoms with van der Waals surface area (Å²) in [5.41, 5.74) is -0.0616. The predicted octanol–water partition coefficient (Wildman–Crippen LogP) is 0.649. The van der Waals surface area contributed by atoms with Crippen molar-refractivity contribution >= 4 is 17.4 Å². The molecule has 0 aromatic carbocycles. The smallest absolute Gasteiger partial charge is 0.274 e. The van der Waals surface area contributed by atoms with Gasteiger partial charge in [0.25, 0.3) is 5.69 Å². The van der Waals surface area contributed by atoms with Gasteiger partial charge in [-0.2, -0.15) is 0 Å². The van der Waals surface area contributed by atoms with Gasteiger partial charge >= 0.3 is 0 Å². The van der Waals surface area contributed by atoms with E-state index >= 15 is 0 Å². The maximum absolute atomic E-state index is 12.2. The van der Waals surface area contributed by atoms with E-state index in [0.717, 1.165) is 0 Å². The molecule has 20 heavy (non-hydrogen) atoms. The Kier molecular flexibility index (Phi) is 4.46. The summed E-state index contributed by atoms with van der Waals surface area (Å²) in [6.07, 6.45) is 1.34. The van der Waals surface area contributed by atoms with Crippen LogP contribution in [-0.4, -0.2) is 53.1 Å². The maximum atomic E-state index is 12.2. The van der Waals surface area contributed by atoms with Gasteiger partial charge in [-0.3, -0.25) is 14.9 Å². The quantitative estimate of drug-likeness (QED) is 0.642. The molecule has 8 heteroatoms. The summed E-state index contributed by atoms with van der Waals surface area (Å²) in [5, 5.41) is 13.6. The van der Waals surface area contributed by atoms with Crippen LogP contribution < -0.4 is 5.32 Å². The predicted molar refractivity (Wildman–Crippen MR) is 71.4 cm³/mol. The van der Waals surface area contributed by atoms with Crippen LogP contribution in [0, 0.1) is 10.1 Å². The average Bonchev–Trinajstić information content (AvgIpc) is 2.47. The number of aromatic nitrogens is 1. The molecule has 2 heterocycles. The highest BCUT2D eigenvalue weighted by Gasteiger charge is 2.22. The number of rotatable bonds is 4. The number of anilines is 1. The molecule has 1 aliphatic heterocycles. The van der Waals surface area contributed by atoms with E-state index in [9.17, 15) is 14.9 Å². The van der Waals surface area contributed by atoms with Crippen LogP contribution in [0.5, 0.6) is 0 Å². The molecule has 0 radical (unpaired) electrons. The first-order valence-electron chi connectivity index (χ1n) is 6.31. The minimum Gasteiger partial charge on any atom is -0.378 e. The van der Waals surface area contributed by atoms with Crippen LogP contribution in [0.15, 0.2) is 18.3 Å². The number of nitrogens with one attached hydrogen (secondary N) is 1. The fraction of sp³-hybridized carbons (Fsp3) is 0.500. The lowest BCUT2D eigenvalue weighted by Gasteiger charge is -2.29. The van der Waals surface area contributed by atoms with Gasteiger partial charge in [0.05, 0.1) is 24.2 Å². The van der Waals surface area contributed by atoms with E-state index in [2.05, 4.69) is 10.3 Å². The van der Waals surface area contributed by atoms with Crippen LogP contribution in [0.1, 0.15) is 6.92 Å². The third-order valence-corrected chi connectivity index (χ3v) is 3.01. The highest BCUT2D eigenvalue weighted by Crippen LogP contribution is 2.15. The Hall–Kier alpha value is -2.22. The number of amides is 1. The second-order valence-corrected chi connectivity index (χ2v) is 4.46. The summed E-state index contributed by atoms with van der Waals surface area (Å²) in [6, 6.07) is 2.12. The molecular weight excluding hydrogens is 264 g/mol. The summed E-state index contributed by atoms with van der Waals surface area (Å²) in [6.45, 7) is 3.90. The van der Waals surface area contributed by atoms with Crippen LogP contribution in [0.4, 0.5) is 11.5 Å². The SMILES string of the molecule is CC(Nc1cc([N+](=O)[O-])ccn1)C(=O)N1CCOCC1. The van der Waals surface area contributed by atoms with Crippen molar-refractivity contribution in [1.29, 1.82) is 0 Å². The van der Waals surface area contributed by atoms with Crippen molar-refractivity contribution < 1.29 is 14.5 Å². The fourth-order valence-electron chi connectivity index (χ4n) is 1.95. The molecule has 1 aliphatic rings. The topological polar surface area (TPSA) is 97.6 Å². The van der Waals surface area contributed by atoms with Crippen molar-refractivity contribution in [2.75, 3.05) is 31.6 Å². The molecule has 1 saturated heterocycles. The number of hydrogen-bond donors (Lipinski definition) is 1. The van der Waals surface area contributed by atoms with Crippen LogP contribution in [0.2, 0.25) is 0 Å². The molecule has 1 aromatic rings. The number of ether oxygens (including phenoxy) is 1. The standard InChI is InChI=1S/C12H16N4O4/c1-9(12(17)15-4-6-20-7-5-15)14-11-8-10(16(18)19)2-3-13-11/h2-3,8-9H,4-7H2,1H3,(H,13,14). The molecule has 1 atom stereocenters. The molecule has 1 amide bonds. The van der Waals surface area contributed by atoms with E-state index in [-0.39, 0.29) is 11.6 Å². The van der Waals surface area contributed by atoms with Crippen molar-refractivity contribution in [2.24, 2.45) is 0 Å². The zero-order valence-electron chi connectivity index (χ0n) is 11.1. The van der Waals surface area contributed by atoms with Gasteiger partial charge < -0.3 is 15.0 Å². The monoisotopic (exact) mass is 280 g/mol. The molecule has 1 aromatic heterocycles. The van der Waals surface area contributed by atoms with E-state index in [4.69, 9.17) is 4.74 Å². The number of nitro groups is 1. The number of morpholine rings is 1. The lowest BCUT2D eigenvalue weighted by atomic mass is 10.2. The molecule has 1 fully saturated rings. The van der Waals surface area contributed by atoms with Crippen LogP contribution in [-0.2, 0) is 9.53 Å². The third-order valence-electron chi connectivity index (χ3n) is 3.01. The van der Waals surface area contributed by atoms with E-state index in [1.54, 1.807) is 11.8 Å². The largest absolute Gasteiger partial charge is 0.378 e. The average molecular weight is 280 g/mol. The minimum atomic E-state index is -0.499. The Labute approximate surface area is 115 Å². The molecule has 2 rings (SSSR count). The van der Waals surface area contributed by atoms with E-state index in [1.807, 2.05) is 0 Å². The van der Waals surface area contributed by atoms with Gasteiger partial charge in [0.2, 0.25) is 5.91 Å². The zero-order valence-corrected chi connectivity index (χ0v) is 11.1. The second-order valence-electron chi connectivity index (χ2n) is 4.46. The summed E-state index contributed by atoms with van der Waals surface area (Å²) in [7, 11) is 0. The number of carbonyl (C=O) groups is 1. The lowest BCUT2D eigenvalue weighted by molar-refractivity contribution is -0.384. The van der Waals surface area contributed by atoms with Gasteiger partial charge in [0, 0.05) is 25.4 Å². The Balaban J connectivity index is 1.99. The first-order chi connectivity index (χ1) is 9.58. The summed E-state index contributed by atoms with van der Waals surface area (Å²) >= 11 is 0. The van der Waals surface area contributed by atoms with Crippen LogP contribution >= 0.6 is 0 Å². The molecule has 108 valence electrons. The zero-order chi connectivity index (χ0) is 14.5. The van der Waals surface area contributed by atoms with Gasteiger partial charge in [0.15, 0.2) is 0 Å². The van der Waals surface area contributed by atoms with Crippen molar-refractivity contribution in [3.63, 3.8) is 0 Å². The fourth-order valence-corrected chi connectivity index (χ4v) is 1.95. The Morgan fingerprint density at radius 3 is 2.90 bits per heavy atom. The van der Waals surface area contributed by atoms with Crippen molar-refractivity contribution in [1.82, 2.24) is 9.88 Å². The van der Waals surface area contributed by atoms with Gasteiger partial charge in [-0.25, -0.2) is 4.98 Å². The van der Waals surface area contributed by atoms with Crippen molar-refractivity contribution in [2.45, 2.75) is 13.0 Å². The third kappa shape index (κ3) is 3.41. The lowest BCUT2D eigenvalue weighted by Crippen LogP contribution is -2.47. The van der Waals surface area contributed by atoms with Gasteiger partial charge in [-0.15, -0.1) is 0 Å². The van der Waals surface area contributed by atoms with E-state index in [1.165, 1.54) is 18.3 Å². The van der Waals surface area contributed by atoms with Gasteiger partial charge in [-0.05, 0) is 6.92 Å². The van der Waals surface area contributed by atoms with E-state index in [0.29, 0.717) is 32.1 Å². The molecule has 0 bridgehead atoms. The Morgan fingerprint density at radius 2 is 2.25 bits per heavy atom. The first kappa shape index (κ1) is 14.2. The second kappa shape index (κ2) is 6.29. The van der Waals surface area contributed by atoms with E-state index < -0.39 is 11.0 Å². The summed E-state index contributed by atoms with van der Waals surface area (Å²) < 4.78 is 5.19. The number of hydrogen-bond acceptors (Lipinski definition) is 6. The van der Waals surface area contributed by atoms with Crippen LogP contribution in [0.25, 0.3) is 0 Å². The first-order valence-corrected chi connectivity index (χ1v) is 6.31. The minimum absolute atomic E-state index is 0.0616. The number of nitrogens with zero attached hydrogens (tertiary/aromatic N) is 3. The summed E-state index contributed by atoms with van der Waals surface area (Å²) in [4.78, 5) is 28.0. The van der Waals surface area contributed by atoms with Gasteiger partial charge in [-0.1, -0.05) is 0 Å². The number of carbonyl (C=O) groups excluding carboxylic acids is 1. The molecule has 0 saturated carbocycles. The highest BCUT2D eigenvalue weighted by molar-refractivity contribution is 5.84. The normalized spacial score (nSPS) is 16.6. The number of pyridine rings is 1. The molecule has 0 spiro atoms. The Bertz CT molecular complexity index is 502.